The summed E-state index contributed by atoms with van der Waals surface area (Å²) in [5, 5.41) is 7.53. The minimum Gasteiger partial charge on any atom is -0.309 e. The van der Waals surface area contributed by atoms with E-state index in [1.807, 2.05) is 0 Å². The van der Waals surface area contributed by atoms with E-state index in [0.29, 0.717) is 0 Å². The largest absolute Gasteiger partial charge is 0.309 e. The molecule has 1 aromatic heterocycles. The van der Waals surface area contributed by atoms with Crippen LogP contribution < -0.4 is 0 Å². The third-order valence-electron chi connectivity index (χ3n) is 11.6. The molecule has 0 bridgehead atoms. The molecule has 1 heteroatoms. The Morgan fingerprint density at radius 3 is 1.18 bits per heavy atom. The Kier molecular flexibility index (Phi) is 7.89. The number of fused-ring (bicyclic) bond motifs is 5. The molecule has 1 heterocycles. The number of aromatic nitrogens is 1. The molecule has 0 aliphatic carbocycles. The number of para-hydroxylation sites is 1. The van der Waals surface area contributed by atoms with Gasteiger partial charge in [0.2, 0.25) is 0 Å². The van der Waals surface area contributed by atoms with Gasteiger partial charge in [-0.25, -0.2) is 0 Å². The van der Waals surface area contributed by atoms with Gasteiger partial charge in [0.25, 0.3) is 0 Å². The smallest absolute Gasteiger partial charge is 0.0541 e. The lowest BCUT2D eigenvalue weighted by Gasteiger charge is -2.18. The van der Waals surface area contributed by atoms with E-state index in [1.54, 1.807) is 0 Å². The van der Waals surface area contributed by atoms with Crippen LogP contribution in [0, 0.1) is 0 Å². The van der Waals surface area contributed by atoms with E-state index >= 15 is 0 Å². The molecule has 0 fully saturated rings. The molecule has 0 radical (unpaired) electrons. The monoisotopic (exact) mass is 723 g/mol. The van der Waals surface area contributed by atoms with Crippen LogP contribution in [0.3, 0.4) is 0 Å². The van der Waals surface area contributed by atoms with E-state index in [-0.39, 0.29) is 0 Å². The molecule has 0 saturated heterocycles. The fourth-order valence-corrected chi connectivity index (χ4v) is 8.95. The summed E-state index contributed by atoms with van der Waals surface area (Å²) < 4.78 is 2.41. The van der Waals surface area contributed by atoms with Gasteiger partial charge in [-0.1, -0.05) is 182 Å². The molecule has 0 aliphatic rings. The third-order valence-corrected chi connectivity index (χ3v) is 11.6. The van der Waals surface area contributed by atoms with E-state index < -0.39 is 0 Å². The molecule has 11 aromatic rings. The van der Waals surface area contributed by atoms with Gasteiger partial charge in [0.15, 0.2) is 0 Å². The van der Waals surface area contributed by atoms with Gasteiger partial charge < -0.3 is 4.57 Å². The minimum absolute atomic E-state index is 1.15. The lowest BCUT2D eigenvalue weighted by molar-refractivity contribution is 1.18. The fourth-order valence-electron chi connectivity index (χ4n) is 8.95. The molecular weight excluding hydrogens is 687 g/mol. The van der Waals surface area contributed by atoms with Crippen molar-refractivity contribution in [3.05, 3.63) is 224 Å². The van der Waals surface area contributed by atoms with Crippen LogP contribution in [-0.2, 0) is 0 Å². The molecule has 266 valence electrons. The van der Waals surface area contributed by atoms with Gasteiger partial charge in [-0.05, 0) is 120 Å². The normalized spacial score (nSPS) is 11.5. The topological polar surface area (TPSA) is 4.93 Å². The zero-order valence-electron chi connectivity index (χ0n) is 31.3. The molecule has 0 saturated carbocycles. The van der Waals surface area contributed by atoms with E-state index in [1.165, 1.54) is 99.0 Å². The van der Waals surface area contributed by atoms with Crippen LogP contribution in [0.25, 0.3) is 105 Å². The highest BCUT2D eigenvalue weighted by Crippen LogP contribution is 2.45. The lowest BCUT2D eigenvalue weighted by Crippen LogP contribution is -1.95. The quantitative estimate of drug-likeness (QED) is 0.151. The molecule has 10 aromatic carbocycles. The number of rotatable bonds is 6. The van der Waals surface area contributed by atoms with Crippen LogP contribution in [-0.4, -0.2) is 4.57 Å². The Balaban J connectivity index is 1.03. The highest BCUT2D eigenvalue weighted by atomic mass is 15.0. The summed E-state index contributed by atoms with van der Waals surface area (Å²) in [5.41, 5.74) is 15.8. The second-order valence-corrected chi connectivity index (χ2v) is 14.9. The Morgan fingerprint density at radius 1 is 0.211 bits per heavy atom. The summed E-state index contributed by atoms with van der Waals surface area (Å²) >= 11 is 0. The van der Waals surface area contributed by atoms with Crippen LogP contribution in [0.1, 0.15) is 0 Å². The van der Waals surface area contributed by atoms with Crippen LogP contribution in [0.15, 0.2) is 224 Å². The standard InChI is InChI=1S/C56H37N/c1-3-15-38(16-4-1)41-19-13-21-43(35-41)44-31-34-54-52(37-44)47-23-11-12-28-53(47)57(54)46-32-29-40(30-33-46)55-48-24-7-9-26-50(48)56(51-27-10-8-25-49(51)55)45-22-14-20-42(36-45)39-17-5-2-6-18-39/h1-37H. The molecule has 1 nitrogen and oxygen atoms in total. The van der Waals surface area contributed by atoms with Crippen molar-refractivity contribution in [2.45, 2.75) is 0 Å². The molecular formula is C56H37N. The minimum atomic E-state index is 1.15. The van der Waals surface area contributed by atoms with E-state index in [0.717, 1.165) is 5.69 Å². The number of nitrogens with zero attached hydrogens (tertiary/aromatic N) is 1. The van der Waals surface area contributed by atoms with Crippen molar-refractivity contribution >= 4 is 43.4 Å². The maximum absolute atomic E-state index is 2.41. The van der Waals surface area contributed by atoms with Crippen LogP contribution >= 0.6 is 0 Å². The lowest BCUT2D eigenvalue weighted by atomic mass is 9.85. The maximum atomic E-state index is 2.41. The molecule has 57 heavy (non-hydrogen) atoms. The molecule has 0 aliphatic heterocycles. The first-order chi connectivity index (χ1) is 28.3. The molecule has 0 atom stereocenters. The zero-order valence-corrected chi connectivity index (χ0v) is 31.3. The Bertz CT molecular complexity index is 3210. The molecule has 0 N–H and O–H groups in total. The summed E-state index contributed by atoms with van der Waals surface area (Å²) in [5.74, 6) is 0. The fraction of sp³-hybridized carbons (Fsp3) is 0. The average Bonchev–Trinajstić information content (AvgIpc) is 3.62. The molecule has 0 unspecified atom stereocenters. The van der Waals surface area contributed by atoms with Gasteiger partial charge in [-0.15, -0.1) is 0 Å². The zero-order chi connectivity index (χ0) is 37.7. The van der Waals surface area contributed by atoms with E-state index in [4.69, 9.17) is 0 Å². The Hall–Kier alpha value is -7.48. The van der Waals surface area contributed by atoms with Crippen molar-refractivity contribution in [2.75, 3.05) is 0 Å². The highest BCUT2D eigenvalue weighted by Gasteiger charge is 2.18. The third kappa shape index (κ3) is 5.63. The predicted molar refractivity (Wildman–Crippen MR) is 243 cm³/mol. The van der Waals surface area contributed by atoms with Crippen LogP contribution in [0.5, 0.6) is 0 Å². The Labute approximate surface area is 332 Å². The number of hydrogen-bond donors (Lipinski definition) is 0. The van der Waals surface area contributed by atoms with Crippen molar-refractivity contribution in [1.82, 2.24) is 4.57 Å². The van der Waals surface area contributed by atoms with Crippen molar-refractivity contribution in [2.24, 2.45) is 0 Å². The van der Waals surface area contributed by atoms with Gasteiger partial charge in [-0.2, -0.15) is 0 Å². The van der Waals surface area contributed by atoms with Crippen molar-refractivity contribution in [3.63, 3.8) is 0 Å². The summed E-state index contributed by atoms with van der Waals surface area (Å²) in [6, 6.07) is 81.9. The predicted octanol–water partition coefficient (Wildman–Crippen LogP) is 15.4. The maximum Gasteiger partial charge on any atom is 0.0541 e. The van der Waals surface area contributed by atoms with Gasteiger partial charge in [0, 0.05) is 16.5 Å². The van der Waals surface area contributed by atoms with Crippen LogP contribution in [0.4, 0.5) is 0 Å². The first-order valence-corrected chi connectivity index (χ1v) is 19.7. The van der Waals surface area contributed by atoms with Gasteiger partial charge in [-0.3, -0.25) is 0 Å². The summed E-state index contributed by atoms with van der Waals surface area (Å²) in [4.78, 5) is 0. The van der Waals surface area contributed by atoms with Crippen molar-refractivity contribution < 1.29 is 0 Å². The summed E-state index contributed by atoms with van der Waals surface area (Å²) in [7, 11) is 0. The second-order valence-electron chi connectivity index (χ2n) is 14.9. The highest BCUT2D eigenvalue weighted by molar-refractivity contribution is 6.21. The van der Waals surface area contributed by atoms with Gasteiger partial charge >= 0.3 is 0 Å². The number of hydrogen-bond acceptors (Lipinski definition) is 0. The molecule has 0 amide bonds. The second kappa shape index (κ2) is 13.7. The summed E-state index contributed by atoms with van der Waals surface area (Å²) in [6.45, 7) is 0. The SMILES string of the molecule is c1ccc(-c2cccc(-c3ccc4c(c3)c3ccccc3n4-c3ccc(-c4c5ccccc5c(-c5cccc(-c6ccccc6)c5)c5ccccc45)cc3)c2)cc1. The average molecular weight is 724 g/mol. The number of benzene rings is 10. The van der Waals surface area contributed by atoms with Gasteiger partial charge in [0.1, 0.15) is 0 Å². The summed E-state index contributed by atoms with van der Waals surface area (Å²) in [6.07, 6.45) is 0. The first kappa shape index (κ1) is 32.9. The van der Waals surface area contributed by atoms with Gasteiger partial charge in [0.05, 0.1) is 11.0 Å². The van der Waals surface area contributed by atoms with Crippen molar-refractivity contribution in [1.29, 1.82) is 0 Å². The molecule has 11 rings (SSSR count). The van der Waals surface area contributed by atoms with Crippen LogP contribution in [0.2, 0.25) is 0 Å². The molecule has 0 spiro atoms. The van der Waals surface area contributed by atoms with Crippen molar-refractivity contribution in [3.8, 4) is 61.3 Å². The van der Waals surface area contributed by atoms with E-state index in [2.05, 4.69) is 229 Å². The van der Waals surface area contributed by atoms with E-state index in [9.17, 15) is 0 Å². The first-order valence-electron chi connectivity index (χ1n) is 19.7. The Morgan fingerprint density at radius 2 is 0.596 bits per heavy atom.